The minimum Gasteiger partial charge on any atom is -0.334 e. The van der Waals surface area contributed by atoms with E-state index in [1.165, 1.54) is 22.4 Å². The summed E-state index contributed by atoms with van der Waals surface area (Å²) >= 11 is 0. The molecule has 0 saturated heterocycles. The van der Waals surface area contributed by atoms with E-state index in [4.69, 9.17) is 0 Å². The molecule has 1 aromatic carbocycles. The zero-order valence-electron chi connectivity index (χ0n) is 9.82. The molecule has 0 spiro atoms. The number of hydrogen-bond donors (Lipinski definition) is 0. The van der Waals surface area contributed by atoms with Crippen molar-refractivity contribution in [3.8, 4) is 0 Å². The predicted octanol–water partition coefficient (Wildman–Crippen LogP) is 3.29. The van der Waals surface area contributed by atoms with Crippen LogP contribution in [0.1, 0.15) is 11.1 Å². The molecule has 1 unspecified atom stereocenters. The van der Waals surface area contributed by atoms with Crippen molar-refractivity contribution in [2.45, 2.75) is 6.04 Å². The summed E-state index contributed by atoms with van der Waals surface area (Å²) in [6.07, 6.45) is 16.6. The molecule has 1 aromatic rings. The summed E-state index contributed by atoms with van der Waals surface area (Å²) < 4.78 is 0. The lowest BCUT2D eigenvalue weighted by Gasteiger charge is -2.21. The topological polar surface area (TPSA) is 15.6 Å². The van der Waals surface area contributed by atoms with Crippen LogP contribution in [-0.4, -0.2) is 12.3 Å². The Kier molecular flexibility index (Phi) is 1.92. The molecule has 18 heavy (non-hydrogen) atoms. The average Bonchev–Trinajstić information content (AvgIpc) is 2.61. The van der Waals surface area contributed by atoms with Crippen molar-refractivity contribution in [1.82, 2.24) is 0 Å². The van der Waals surface area contributed by atoms with Gasteiger partial charge in [-0.1, -0.05) is 48.6 Å². The molecule has 4 rings (SSSR count). The van der Waals surface area contributed by atoms with Crippen LogP contribution in [0.5, 0.6) is 0 Å². The van der Waals surface area contributed by atoms with Crippen molar-refractivity contribution in [2.24, 2.45) is 4.99 Å². The van der Waals surface area contributed by atoms with Gasteiger partial charge in [-0.2, -0.15) is 0 Å². The summed E-state index contributed by atoms with van der Waals surface area (Å²) in [6.45, 7) is 0. The van der Waals surface area contributed by atoms with Gasteiger partial charge in [0.05, 0.1) is 11.7 Å². The molecule has 0 radical (unpaired) electrons. The van der Waals surface area contributed by atoms with E-state index in [0.717, 1.165) is 0 Å². The van der Waals surface area contributed by atoms with Crippen LogP contribution >= 0.6 is 0 Å². The Labute approximate surface area is 106 Å². The number of rotatable bonds is 0. The first-order valence-electron chi connectivity index (χ1n) is 6.12. The second-order valence-electron chi connectivity index (χ2n) is 4.56. The molecule has 2 aliphatic heterocycles. The molecule has 0 N–H and O–H groups in total. The molecule has 2 heterocycles. The molecule has 0 aromatic heterocycles. The summed E-state index contributed by atoms with van der Waals surface area (Å²) in [5.74, 6) is 0. The number of aliphatic imine (C=N–C) groups is 1. The van der Waals surface area contributed by atoms with Crippen molar-refractivity contribution in [1.29, 1.82) is 0 Å². The third kappa shape index (κ3) is 1.20. The molecule has 86 valence electrons. The average molecular weight is 232 g/mol. The maximum atomic E-state index is 4.29. The van der Waals surface area contributed by atoms with E-state index >= 15 is 0 Å². The fourth-order valence-corrected chi connectivity index (χ4v) is 2.81. The zero-order chi connectivity index (χ0) is 11.9. The fourth-order valence-electron chi connectivity index (χ4n) is 2.81. The van der Waals surface area contributed by atoms with Crippen molar-refractivity contribution in [3.05, 3.63) is 72.1 Å². The molecule has 0 saturated carbocycles. The summed E-state index contributed by atoms with van der Waals surface area (Å²) in [5.41, 5.74) is 5.12. The first-order valence-corrected chi connectivity index (χ1v) is 6.12. The molecule has 0 fully saturated rings. The van der Waals surface area contributed by atoms with Gasteiger partial charge < -0.3 is 4.90 Å². The number of hydrogen-bond acceptors (Lipinski definition) is 2. The Morgan fingerprint density at radius 2 is 2.11 bits per heavy atom. The zero-order valence-corrected chi connectivity index (χ0v) is 9.82. The van der Waals surface area contributed by atoms with Crippen molar-refractivity contribution in [3.63, 3.8) is 0 Å². The molecular formula is C16H12N2. The Morgan fingerprint density at radius 1 is 1.11 bits per heavy atom. The Balaban J connectivity index is 2.05. The van der Waals surface area contributed by atoms with Crippen LogP contribution in [0.4, 0.5) is 5.69 Å². The standard InChI is InChI=1S/C16H12N2/c1-2-6-13-14-7-4-5-12-11-17-9-10-18(16(12)14)15(13)8-3-1/h1-11,15H. The second kappa shape index (κ2) is 3.57. The van der Waals surface area contributed by atoms with E-state index < -0.39 is 0 Å². The Bertz CT molecular complexity index is 660. The van der Waals surface area contributed by atoms with Gasteiger partial charge in [-0.15, -0.1) is 0 Å². The van der Waals surface area contributed by atoms with E-state index in [2.05, 4.69) is 64.7 Å². The van der Waals surface area contributed by atoms with E-state index in [1.54, 1.807) is 0 Å². The van der Waals surface area contributed by atoms with Gasteiger partial charge in [0.25, 0.3) is 0 Å². The SMILES string of the molecule is C1=CC=C2c3cccc4c3N(C=CN=C4)C2C=C1. The van der Waals surface area contributed by atoms with E-state index in [1.807, 2.05) is 12.4 Å². The molecule has 1 aliphatic carbocycles. The van der Waals surface area contributed by atoms with Crippen molar-refractivity contribution >= 4 is 17.5 Å². The first-order chi connectivity index (χ1) is 8.95. The molecular weight excluding hydrogens is 220 g/mol. The lowest BCUT2D eigenvalue weighted by molar-refractivity contribution is 0.992. The van der Waals surface area contributed by atoms with Crippen molar-refractivity contribution in [2.75, 3.05) is 4.90 Å². The summed E-state index contributed by atoms with van der Waals surface area (Å²) in [4.78, 5) is 6.59. The Morgan fingerprint density at radius 3 is 3.11 bits per heavy atom. The van der Waals surface area contributed by atoms with Gasteiger partial charge in [0, 0.05) is 29.7 Å². The largest absolute Gasteiger partial charge is 0.334 e. The van der Waals surface area contributed by atoms with Crippen LogP contribution in [-0.2, 0) is 0 Å². The molecule has 2 heteroatoms. The summed E-state index contributed by atoms with van der Waals surface area (Å²) in [6, 6.07) is 6.70. The Hall–Kier alpha value is -2.35. The van der Waals surface area contributed by atoms with Crippen LogP contribution in [0.3, 0.4) is 0 Å². The van der Waals surface area contributed by atoms with Crippen LogP contribution < -0.4 is 4.90 Å². The number of benzene rings is 1. The quantitative estimate of drug-likeness (QED) is 0.670. The number of nitrogens with zero attached hydrogens (tertiary/aromatic N) is 2. The molecule has 3 aliphatic rings. The summed E-state index contributed by atoms with van der Waals surface area (Å²) in [7, 11) is 0. The molecule has 0 bridgehead atoms. The number of fused-ring (bicyclic) bond motifs is 3. The highest BCUT2D eigenvalue weighted by Gasteiger charge is 2.32. The third-order valence-electron chi connectivity index (χ3n) is 3.57. The van der Waals surface area contributed by atoms with Gasteiger partial charge in [0.2, 0.25) is 0 Å². The lowest BCUT2D eigenvalue weighted by Crippen LogP contribution is -2.24. The summed E-state index contributed by atoms with van der Waals surface area (Å²) in [5, 5.41) is 0. The highest BCUT2D eigenvalue weighted by molar-refractivity contribution is 6.00. The van der Waals surface area contributed by atoms with Crippen LogP contribution in [0.15, 0.2) is 66.0 Å². The molecule has 0 amide bonds. The van der Waals surface area contributed by atoms with Crippen LogP contribution in [0.2, 0.25) is 0 Å². The normalized spacial score (nSPS) is 22.3. The maximum absolute atomic E-state index is 4.29. The van der Waals surface area contributed by atoms with Gasteiger partial charge >= 0.3 is 0 Å². The minimum atomic E-state index is 0.286. The highest BCUT2D eigenvalue weighted by Crippen LogP contribution is 2.44. The maximum Gasteiger partial charge on any atom is 0.0780 e. The lowest BCUT2D eigenvalue weighted by atomic mass is 10.0. The van der Waals surface area contributed by atoms with Gasteiger partial charge in [0.1, 0.15) is 0 Å². The number of para-hydroxylation sites is 1. The van der Waals surface area contributed by atoms with Crippen LogP contribution in [0, 0.1) is 0 Å². The van der Waals surface area contributed by atoms with E-state index in [-0.39, 0.29) is 6.04 Å². The molecule has 2 nitrogen and oxygen atoms in total. The van der Waals surface area contributed by atoms with Gasteiger partial charge in [0.15, 0.2) is 0 Å². The van der Waals surface area contributed by atoms with Crippen LogP contribution in [0.25, 0.3) is 5.57 Å². The molecule has 1 atom stereocenters. The van der Waals surface area contributed by atoms with Gasteiger partial charge in [-0.25, -0.2) is 0 Å². The second-order valence-corrected chi connectivity index (χ2v) is 4.56. The highest BCUT2D eigenvalue weighted by atomic mass is 15.2. The number of allylic oxidation sites excluding steroid dienone is 4. The smallest absolute Gasteiger partial charge is 0.0780 e. The minimum absolute atomic E-state index is 0.286. The third-order valence-corrected chi connectivity index (χ3v) is 3.57. The van der Waals surface area contributed by atoms with E-state index in [0.29, 0.717) is 0 Å². The predicted molar refractivity (Wildman–Crippen MR) is 75.7 cm³/mol. The monoisotopic (exact) mass is 232 g/mol. The van der Waals surface area contributed by atoms with Crippen molar-refractivity contribution < 1.29 is 0 Å². The van der Waals surface area contributed by atoms with E-state index in [9.17, 15) is 0 Å². The fraction of sp³-hybridized carbons (Fsp3) is 0.0625. The number of anilines is 1. The van der Waals surface area contributed by atoms with Gasteiger partial charge in [-0.3, -0.25) is 4.99 Å². The first kappa shape index (κ1) is 9.66. The van der Waals surface area contributed by atoms with Gasteiger partial charge in [-0.05, 0) is 5.57 Å².